The number of nitrogens with two attached hydrogens (primary N) is 1. The molecule has 0 spiro atoms. The molecule has 0 aliphatic carbocycles. The van der Waals surface area contributed by atoms with Gasteiger partial charge in [0.15, 0.2) is 11.5 Å². The Labute approximate surface area is 126 Å². The van der Waals surface area contributed by atoms with Crippen LogP contribution < -0.4 is 19.9 Å². The molecule has 5 nitrogen and oxygen atoms in total. The zero-order valence-electron chi connectivity index (χ0n) is 12.5. The lowest BCUT2D eigenvalue weighted by atomic mass is 9.93. The van der Waals surface area contributed by atoms with Crippen molar-refractivity contribution in [3.8, 4) is 17.2 Å². The van der Waals surface area contributed by atoms with E-state index >= 15 is 0 Å². The smallest absolute Gasteiger partial charge is 0.203 e. The Balaban J connectivity index is 0.00000361. The summed E-state index contributed by atoms with van der Waals surface area (Å²) in [6, 6.07) is 3.00. The fourth-order valence-electron chi connectivity index (χ4n) is 1.99. The molecule has 2 atom stereocenters. The lowest BCUT2D eigenvalue weighted by Gasteiger charge is -2.25. The van der Waals surface area contributed by atoms with Crippen LogP contribution in [-0.2, 0) is 0 Å². The molecule has 20 heavy (non-hydrogen) atoms. The maximum Gasteiger partial charge on any atom is 0.203 e. The molecule has 1 aromatic rings. The van der Waals surface area contributed by atoms with Gasteiger partial charge in [-0.25, -0.2) is 0 Å². The summed E-state index contributed by atoms with van der Waals surface area (Å²) in [6.07, 6.45) is -0.660. The number of hydrogen-bond donors (Lipinski definition) is 2. The highest BCUT2D eigenvalue weighted by Crippen LogP contribution is 2.42. The van der Waals surface area contributed by atoms with Crippen LogP contribution in [0.15, 0.2) is 12.1 Å². The van der Waals surface area contributed by atoms with E-state index < -0.39 is 12.1 Å². The van der Waals surface area contributed by atoms with E-state index in [2.05, 4.69) is 0 Å². The highest BCUT2D eigenvalue weighted by Gasteiger charge is 2.26. The molecule has 0 aliphatic rings. The second-order valence-corrected chi connectivity index (χ2v) is 4.68. The van der Waals surface area contributed by atoms with E-state index in [-0.39, 0.29) is 18.3 Å². The summed E-state index contributed by atoms with van der Waals surface area (Å²) in [5, 5.41) is 10.1. The number of aliphatic hydroxyl groups excluding tert-OH is 1. The number of ether oxygens (including phenoxy) is 3. The zero-order chi connectivity index (χ0) is 14.6. The first kappa shape index (κ1) is 18.8. The standard InChI is InChI=1S/C14H23NO4.ClH/c1-8(2)12(16)11(15)9-6-7-10(17-3)14(19-5)13(9)18-4;/h6-8,11-12,16H,15H2,1-5H3;1H/t11-,12+;/m1./s1. The molecular weight excluding hydrogens is 282 g/mol. The fraction of sp³-hybridized carbons (Fsp3) is 0.571. The van der Waals surface area contributed by atoms with Crippen molar-refractivity contribution in [3.05, 3.63) is 17.7 Å². The SMILES string of the molecule is COc1ccc([C@@H](N)[C@@H](O)C(C)C)c(OC)c1OC.Cl. The first-order valence-corrected chi connectivity index (χ1v) is 6.20. The molecule has 116 valence electrons. The molecular formula is C14H24ClNO4. The van der Waals surface area contributed by atoms with Crippen molar-refractivity contribution in [2.45, 2.75) is 26.0 Å². The predicted molar refractivity (Wildman–Crippen MR) is 81.1 cm³/mol. The molecule has 0 unspecified atom stereocenters. The molecule has 0 aromatic heterocycles. The van der Waals surface area contributed by atoms with Gasteiger partial charge >= 0.3 is 0 Å². The number of rotatable bonds is 6. The van der Waals surface area contributed by atoms with E-state index in [9.17, 15) is 5.11 Å². The summed E-state index contributed by atoms with van der Waals surface area (Å²) in [6.45, 7) is 3.83. The highest BCUT2D eigenvalue weighted by molar-refractivity contribution is 5.85. The number of benzene rings is 1. The molecule has 0 aliphatic heterocycles. The molecule has 3 N–H and O–H groups in total. The summed E-state index contributed by atoms with van der Waals surface area (Å²) in [5.74, 6) is 1.59. The molecule has 0 bridgehead atoms. The van der Waals surface area contributed by atoms with Crippen LogP contribution in [0.3, 0.4) is 0 Å². The zero-order valence-corrected chi connectivity index (χ0v) is 13.4. The Morgan fingerprint density at radius 2 is 1.55 bits per heavy atom. The predicted octanol–water partition coefficient (Wildman–Crippen LogP) is 2.15. The second kappa shape index (κ2) is 8.19. The first-order valence-electron chi connectivity index (χ1n) is 6.20. The molecule has 0 radical (unpaired) electrons. The van der Waals surface area contributed by atoms with Gasteiger partial charge in [0.1, 0.15) is 0 Å². The van der Waals surface area contributed by atoms with Gasteiger partial charge < -0.3 is 25.1 Å². The Morgan fingerprint density at radius 1 is 1.00 bits per heavy atom. The van der Waals surface area contributed by atoms with Gasteiger partial charge in [-0.15, -0.1) is 12.4 Å². The minimum atomic E-state index is -0.660. The Kier molecular flexibility index (Phi) is 7.71. The number of hydrogen-bond acceptors (Lipinski definition) is 5. The van der Waals surface area contributed by atoms with Crippen LogP contribution in [0.1, 0.15) is 25.5 Å². The first-order chi connectivity index (χ1) is 8.97. The van der Waals surface area contributed by atoms with Crippen LogP contribution in [-0.4, -0.2) is 32.5 Å². The van der Waals surface area contributed by atoms with Gasteiger partial charge in [-0.3, -0.25) is 0 Å². The minimum absolute atomic E-state index is 0. The summed E-state index contributed by atoms with van der Waals surface area (Å²) < 4.78 is 15.9. The minimum Gasteiger partial charge on any atom is -0.493 e. The van der Waals surface area contributed by atoms with Crippen LogP contribution in [0.5, 0.6) is 17.2 Å². The maximum absolute atomic E-state index is 10.1. The van der Waals surface area contributed by atoms with Crippen molar-refractivity contribution in [2.75, 3.05) is 21.3 Å². The third-order valence-electron chi connectivity index (χ3n) is 3.14. The summed E-state index contributed by atoms with van der Waals surface area (Å²) >= 11 is 0. The van der Waals surface area contributed by atoms with E-state index in [1.807, 2.05) is 13.8 Å². The van der Waals surface area contributed by atoms with Gasteiger partial charge in [0.2, 0.25) is 5.75 Å². The average Bonchev–Trinajstić information content (AvgIpc) is 2.43. The molecule has 0 fully saturated rings. The topological polar surface area (TPSA) is 73.9 Å². The molecule has 0 saturated heterocycles. The van der Waals surface area contributed by atoms with Gasteiger partial charge in [0, 0.05) is 5.56 Å². The van der Waals surface area contributed by atoms with Crippen molar-refractivity contribution in [1.29, 1.82) is 0 Å². The molecule has 0 heterocycles. The van der Waals surface area contributed by atoms with Crippen molar-refractivity contribution < 1.29 is 19.3 Å². The average molecular weight is 306 g/mol. The summed E-state index contributed by atoms with van der Waals surface area (Å²) in [7, 11) is 4.63. The van der Waals surface area contributed by atoms with E-state index in [4.69, 9.17) is 19.9 Å². The summed E-state index contributed by atoms with van der Waals surface area (Å²) in [4.78, 5) is 0. The van der Waals surface area contributed by atoms with Crippen LogP contribution in [0.2, 0.25) is 0 Å². The summed E-state index contributed by atoms with van der Waals surface area (Å²) in [5.41, 5.74) is 6.80. The Hall–Kier alpha value is -1.17. The van der Waals surface area contributed by atoms with Gasteiger partial charge in [0.25, 0.3) is 0 Å². The van der Waals surface area contributed by atoms with Crippen LogP contribution in [0.25, 0.3) is 0 Å². The van der Waals surface area contributed by atoms with Crippen LogP contribution >= 0.6 is 12.4 Å². The van der Waals surface area contributed by atoms with Crippen LogP contribution in [0, 0.1) is 5.92 Å². The fourth-order valence-corrected chi connectivity index (χ4v) is 1.99. The number of aliphatic hydroxyl groups is 1. The van der Waals surface area contributed by atoms with Crippen molar-refractivity contribution in [1.82, 2.24) is 0 Å². The number of halogens is 1. The molecule has 0 amide bonds. The molecule has 1 rings (SSSR count). The molecule has 0 saturated carbocycles. The van der Waals surface area contributed by atoms with Crippen molar-refractivity contribution >= 4 is 12.4 Å². The van der Waals surface area contributed by atoms with Crippen molar-refractivity contribution in [3.63, 3.8) is 0 Å². The van der Waals surface area contributed by atoms with E-state index in [1.54, 1.807) is 19.2 Å². The van der Waals surface area contributed by atoms with Gasteiger partial charge in [-0.05, 0) is 18.1 Å². The lowest BCUT2D eigenvalue weighted by Crippen LogP contribution is -2.30. The van der Waals surface area contributed by atoms with Gasteiger partial charge in [-0.2, -0.15) is 0 Å². The third kappa shape index (κ3) is 3.69. The Morgan fingerprint density at radius 3 is 1.95 bits per heavy atom. The van der Waals surface area contributed by atoms with E-state index in [0.717, 1.165) is 0 Å². The third-order valence-corrected chi connectivity index (χ3v) is 3.14. The van der Waals surface area contributed by atoms with Crippen LogP contribution in [0.4, 0.5) is 0 Å². The largest absolute Gasteiger partial charge is 0.493 e. The lowest BCUT2D eigenvalue weighted by molar-refractivity contribution is 0.0967. The number of methoxy groups -OCH3 is 3. The van der Waals surface area contributed by atoms with Gasteiger partial charge in [-0.1, -0.05) is 13.8 Å². The second-order valence-electron chi connectivity index (χ2n) is 4.68. The normalized spacial score (nSPS) is 13.4. The van der Waals surface area contributed by atoms with E-state index in [0.29, 0.717) is 22.8 Å². The van der Waals surface area contributed by atoms with Gasteiger partial charge in [0.05, 0.1) is 33.5 Å². The quantitative estimate of drug-likeness (QED) is 0.842. The highest BCUT2D eigenvalue weighted by atomic mass is 35.5. The van der Waals surface area contributed by atoms with E-state index in [1.165, 1.54) is 14.2 Å². The van der Waals surface area contributed by atoms with Crippen molar-refractivity contribution in [2.24, 2.45) is 11.7 Å². The maximum atomic E-state index is 10.1. The Bertz CT molecular complexity index is 426. The molecule has 1 aromatic carbocycles. The monoisotopic (exact) mass is 305 g/mol. The molecule has 6 heteroatoms.